The lowest BCUT2D eigenvalue weighted by Crippen LogP contribution is -2.09. The Balaban J connectivity index is 2.19. The SMILES string of the molecule is CCC(Nc1ccc(Cl)cc1)c1ccc(Cl)c(Cl)c1. The van der Waals surface area contributed by atoms with Crippen LogP contribution in [0.15, 0.2) is 42.5 Å². The first-order valence-corrected chi connectivity index (χ1v) is 7.20. The molecular formula is C15H14Cl3N. The van der Waals surface area contributed by atoms with E-state index in [2.05, 4.69) is 12.2 Å². The molecule has 0 fully saturated rings. The first kappa shape index (κ1) is 14.5. The fourth-order valence-corrected chi connectivity index (χ4v) is 2.33. The molecule has 0 aliphatic heterocycles. The average molecular weight is 315 g/mol. The molecule has 0 aliphatic carbocycles. The standard InChI is InChI=1S/C15H14Cl3N/c1-2-15(10-3-8-13(17)14(18)9-10)19-12-6-4-11(16)5-7-12/h3-9,15,19H,2H2,1H3. The Bertz CT molecular complexity index is 552. The maximum Gasteiger partial charge on any atom is 0.0595 e. The molecule has 0 amide bonds. The van der Waals surface area contributed by atoms with Gasteiger partial charge in [0.2, 0.25) is 0 Å². The first-order valence-electron chi connectivity index (χ1n) is 6.07. The molecule has 0 aromatic heterocycles. The van der Waals surface area contributed by atoms with E-state index in [1.165, 1.54) is 0 Å². The minimum absolute atomic E-state index is 0.191. The molecule has 4 heteroatoms. The van der Waals surface area contributed by atoms with E-state index < -0.39 is 0 Å². The van der Waals surface area contributed by atoms with E-state index >= 15 is 0 Å². The molecule has 0 bridgehead atoms. The van der Waals surface area contributed by atoms with Crippen molar-refractivity contribution >= 4 is 40.5 Å². The topological polar surface area (TPSA) is 12.0 Å². The Morgan fingerprint density at radius 1 is 0.947 bits per heavy atom. The molecule has 2 aromatic rings. The van der Waals surface area contributed by atoms with Gasteiger partial charge < -0.3 is 5.32 Å². The zero-order chi connectivity index (χ0) is 13.8. The van der Waals surface area contributed by atoms with Gasteiger partial charge in [-0.2, -0.15) is 0 Å². The number of anilines is 1. The minimum Gasteiger partial charge on any atom is -0.378 e. The van der Waals surface area contributed by atoms with Gasteiger partial charge in [0.05, 0.1) is 16.1 Å². The first-order chi connectivity index (χ1) is 9.10. The van der Waals surface area contributed by atoms with Crippen molar-refractivity contribution in [1.82, 2.24) is 0 Å². The number of hydrogen-bond donors (Lipinski definition) is 1. The van der Waals surface area contributed by atoms with Crippen molar-refractivity contribution in [3.05, 3.63) is 63.1 Å². The molecule has 1 unspecified atom stereocenters. The van der Waals surface area contributed by atoms with E-state index in [1.54, 1.807) is 0 Å². The van der Waals surface area contributed by atoms with Crippen molar-refractivity contribution in [1.29, 1.82) is 0 Å². The molecule has 0 saturated carbocycles. The van der Waals surface area contributed by atoms with Gasteiger partial charge in [-0.1, -0.05) is 47.8 Å². The number of benzene rings is 2. The van der Waals surface area contributed by atoms with E-state index in [1.807, 2.05) is 42.5 Å². The van der Waals surface area contributed by atoms with Crippen molar-refractivity contribution in [3.63, 3.8) is 0 Å². The highest BCUT2D eigenvalue weighted by molar-refractivity contribution is 6.42. The Morgan fingerprint density at radius 3 is 2.21 bits per heavy atom. The Hall–Kier alpha value is -0.890. The number of halogens is 3. The third-order valence-corrected chi connectivity index (χ3v) is 3.93. The average Bonchev–Trinajstić information content (AvgIpc) is 2.41. The van der Waals surface area contributed by atoms with Gasteiger partial charge in [0.1, 0.15) is 0 Å². The molecule has 1 N–H and O–H groups in total. The van der Waals surface area contributed by atoms with Crippen LogP contribution < -0.4 is 5.32 Å². The van der Waals surface area contributed by atoms with Crippen LogP contribution in [0.3, 0.4) is 0 Å². The molecule has 1 atom stereocenters. The zero-order valence-corrected chi connectivity index (χ0v) is 12.7. The van der Waals surface area contributed by atoms with Crippen LogP contribution in [-0.2, 0) is 0 Å². The van der Waals surface area contributed by atoms with E-state index in [-0.39, 0.29) is 6.04 Å². The smallest absolute Gasteiger partial charge is 0.0595 e. The number of rotatable bonds is 4. The third kappa shape index (κ3) is 3.79. The van der Waals surface area contributed by atoms with Crippen LogP contribution >= 0.6 is 34.8 Å². The molecule has 0 heterocycles. The van der Waals surface area contributed by atoms with Crippen molar-refractivity contribution in [2.45, 2.75) is 19.4 Å². The van der Waals surface area contributed by atoms with Crippen LogP contribution in [0.5, 0.6) is 0 Å². The van der Waals surface area contributed by atoms with E-state index in [0.29, 0.717) is 10.0 Å². The molecular weight excluding hydrogens is 301 g/mol. The van der Waals surface area contributed by atoms with E-state index in [9.17, 15) is 0 Å². The van der Waals surface area contributed by atoms with Crippen molar-refractivity contribution < 1.29 is 0 Å². The second-order valence-electron chi connectivity index (χ2n) is 4.29. The predicted octanol–water partition coefficient (Wildman–Crippen LogP) is 6.21. The van der Waals surface area contributed by atoms with Crippen molar-refractivity contribution in [2.75, 3.05) is 5.32 Å². The lowest BCUT2D eigenvalue weighted by molar-refractivity contribution is 0.749. The Morgan fingerprint density at radius 2 is 1.63 bits per heavy atom. The quantitative estimate of drug-likeness (QED) is 0.707. The second kappa shape index (κ2) is 6.51. The highest BCUT2D eigenvalue weighted by Gasteiger charge is 2.10. The highest BCUT2D eigenvalue weighted by Crippen LogP contribution is 2.29. The summed E-state index contributed by atoms with van der Waals surface area (Å²) in [5, 5.41) is 5.34. The van der Waals surface area contributed by atoms with E-state index in [0.717, 1.165) is 22.7 Å². The lowest BCUT2D eigenvalue weighted by Gasteiger charge is -2.19. The lowest BCUT2D eigenvalue weighted by atomic mass is 10.0. The second-order valence-corrected chi connectivity index (χ2v) is 5.54. The molecule has 100 valence electrons. The Kier molecular flexibility index (Phi) is 4.98. The maximum absolute atomic E-state index is 6.06. The summed E-state index contributed by atoms with van der Waals surface area (Å²) in [5.41, 5.74) is 2.15. The van der Waals surface area contributed by atoms with Gasteiger partial charge in [-0.15, -0.1) is 0 Å². The van der Waals surface area contributed by atoms with Crippen molar-refractivity contribution in [2.24, 2.45) is 0 Å². The summed E-state index contributed by atoms with van der Waals surface area (Å²) in [5.74, 6) is 0. The van der Waals surface area contributed by atoms with Crippen LogP contribution in [0.1, 0.15) is 24.9 Å². The molecule has 0 aliphatic rings. The Labute approximate surface area is 128 Å². The summed E-state index contributed by atoms with van der Waals surface area (Å²) >= 11 is 17.9. The predicted molar refractivity (Wildman–Crippen MR) is 84.6 cm³/mol. The maximum atomic E-state index is 6.06. The summed E-state index contributed by atoms with van der Waals surface area (Å²) in [6, 6.07) is 13.6. The molecule has 0 radical (unpaired) electrons. The van der Waals surface area contributed by atoms with Gasteiger partial charge in [-0.3, -0.25) is 0 Å². The fraction of sp³-hybridized carbons (Fsp3) is 0.200. The van der Waals surface area contributed by atoms with Gasteiger partial charge >= 0.3 is 0 Å². The van der Waals surface area contributed by atoms with Crippen LogP contribution in [0.2, 0.25) is 15.1 Å². The van der Waals surface area contributed by atoms with Gasteiger partial charge in [-0.25, -0.2) is 0 Å². The zero-order valence-electron chi connectivity index (χ0n) is 10.5. The molecule has 19 heavy (non-hydrogen) atoms. The summed E-state index contributed by atoms with van der Waals surface area (Å²) in [6.07, 6.45) is 0.945. The third-order valence-electron chi connectivity index (χ3n) is 2.94. The monoisotopic (exact) mass is 313 g/mol. The molecule has 2 rings (SSSR count). The molecule has 1 nitrogen and oxygen atoms in total. The number of nitrogens with one attached hydrogen (secondary N) is 1. The van der Waals surface area contributed by atoms with Gasteiger partial charge in [0.15, 0.2) is 0 Å². The number of hydrogen-bond acceptors (Lipinski definition) is 1. The summed E-state index contributed by atoms with van der Waals surface area (Å²) in [4.78, 5) is 0. The van der Waals surface area contributed by atoms with Gasteiger partial charge in [-0.05, 0) is 48.4 Å². The summed E-state index contributed by atoms with van der Waals surface area (Å²) < 4.78 is 0. The van der Waals surface area contributed by atoms with Crippen LogP contribution in [-0.4, -0.2) is 0 Å². The van der Waals surface area contributed by atoms with Gasteiger partial charge in [0, 0.05) is 10.7 Å². The van der Waals surface area contributed by atoms with Crippen molar-refractivity contribution in [3.8, 4) is 0 Å². The van der Waals surface area contributed by atoms with Crippen LogP contribution in [0.4, 0.5) is 5.69 Å². The normalized spacial score (nSPS) is 12.2. The fourth-order valence-electron chi connectivity index (χ4n) is 1.90. The minimum atomic E-state index is 0.191. The summed E-state index contributed by atoms with van der Waals surface area (Å²) in [6.45, 7) is 2.12. The van der Waals surface area contributed by atoms with Crippen LogP contribution in [0, 0.1) is 0 Å². The molecule has 0 spiro atoms. The van der Waals surface area contributed by atoms with Gasteiger partial charge in [0.25, 0.3) is 0 Å². The molecule has 2 aromatic carbocycles. The highest BCUT2D eigenvalue weighted by atomic mass is 35.5. The van der Waals surface area contributed by atoms with Crippen LogP contribution in [0.25, 0.3) is 0 Å². The summed E-state index contributed by atoms with van der Waals surface area (Å²) in [7, 11) is 0. The van der Waals surface area contributed by atoms with E-state index in [4.69, 9.17) is 34.8 Å². The largest absolute Gasteiger partial charge is 0.378 e. The molecule has 0 saturated heterocycles.